The maximum atomic E-state index is 5.82. The predicted molar refractivity (Wildman–Crippen MR) is 54.0 cm³/mol. The Labute approximate surface area is 84.5 Å². The molecule has 0 fully saturated rings. The van der Waals surface area contributed by atoms with Crippen LogP contribution in [0.1, 0.15) is 0 Å². The molecule has 0 atom stereocenters. The smallest absolute Gasteiger partial charge is 0.0966 e. The Bertz CT molecular complexity index is 470. The summed E-state index contributed by atoms with van der Waals surface area (Å²) in [5, 5.41) is 9.26. The Morgan fingerprint density at radius 1 is 1.15 bits per heavy atom. The fourth-order valence-electron chi connectivity index (χ4n) is 1.07. The minimum atomic E-state index is 0.453. The molecular formula is C8H5Cl2N3. The van der Waals surface area contributed by atoms with Crippen LogP contribution in [0.4, 0.5) is 5.69 Å². The highest BCUT2D eigenvalue weighted by atomic mass is 35.5. The molecule has 0 saturated carbocycles. The van der Waals surface area contributed by atoms with Crippen LogP contribution in [0.15, 0.2) is 18.3 Å². The van der Waals surface area contributed by atoms with Crippen molar-refractivity contribution < 1.29 is 0 Å². The molecule has 2 N–H and O–H groups in total. The molecule has 66 valence electrons. The second-order valence-corrected chi connectivity index (χ2v) is 3.40. The average molecular weight is 214 g/mol. The van der Waals surface area contributed by atoms with Crippen molar-refractivity contribution in [2.45, 2.75) is 0 Å². The maximum absolute atomic E-state index is 5.82. The van der Waals surface area contributed by atoms with Crippen molar-refractivity contribution in [3.8, 4) is 0 Å². The summed E-state index contributed by atoms with van der Waals surface area (Å²) >= 11 is 11.6. The first kappa shape index (κ1) is 8.53. The van der Waals surface area contributed by atoms with Crippen LogP contribution in [0.2, 0.25) is 10.0 Å². The van der Waals surface area contributed by atoms with Gasteiger partial charge < -0.3 is 5.73 Å². The van der Waals surface area contributed by atoms with Gasteiger partial charge >= 0.3 is 0 Å². The number of hydrogen-bond acceptors (Lipinski definition) is 3. The Balaban J connectivity index is 2.89. The summed E-state index contributed by atoms with van der Waals surface area (Å²) in [6.07, 6.45) is 1.48. The topological polar surface area (TPSA) is 51.8 Å². The number of halogens is 2. The van der Waals surface area contributed by atoms with E-state index in [1.807, 2.05) is 0 Å². The molecule has 13 heavy (non-hydrogen) atoms. The van der Waals surface area contributed by atoms with Crippen LogP contribution in [-0.4, -0.2) is 10.2 Å². The van der Waals surface area contributed by atoms with E-state index in [0.717, 1.165) is 5.39 Å². The second-order valence-electron chi connectivity index (χ2n) is 2.58. The predicted octanol–water partition coefficient (Wildman–Crippen LogP) is 2.52. The molecule has 5 heteroatoms. The van der Waals surface area contributed by atoms with Crippen LogP contribution in [-0.2, 0) is 0 Å². The molecule has 1 heterocycles. The lowest BCUT2D eigenvalue weighted by Gasteiger charge is -2.01. The average Bonchev–Trinajstić information content (AvgIpc) is 2.09. The number of nitrogens with two attached hydrogens (primary N) is 1. The Kier molecular flexibility index (Phi) is 1.98. The number of aromatic nitrogens is 2. The number of fused-ring (bicyclic) bond motifs is 1. The lowest BCUT2D eigenvalue weighted by atomic mass is 10.2. The summed E-state index contributed by atoms with van der Waals surface area (Å²) in [7, 11) is 0. The third-order valence-corrected chi connectivity index (χ3v) is 2.43. The highest BCUT2D eigenvalue weighted by molar-refractivity contribution is 6.42. The second kappa shape index (κ2) is 3.01. The van der Waals surface area contributed by atoms with E-state index in [-0.39, 0.29) is 0 Å². The highest BCUT2D eigenvalue weighted by Crippen LogP contribution is 2.28. The van der Waals surface area contributed by atoms with Crippen LogP contribution >= 0.6 is 23.2 Å². The van der Waals surface area contributed by atoms with Crippen molar-refractivity contribution >= 4 is 39.8 Å². The summed E-state index contributed by atoms with van der Waals surface area (Å²) in [6, 6.07) is 3.33. The van der Waals surface area contributed by atoms with Crippen molar-refractivity contribution in [1.29, 1.82) is 0 Å². The fourth-order valence-corrected chi connectivity index (χ4v) is 1.39. The first-order valence-electron chi connectivity index (χ1n) is 3.54. The van der Waals surface area contributed by atoms with Gasteiger partial charge in [-0.3, -0.25) is 0 Å². The number of nitrogens with zero attached hydrogens (tertiary/aromatic N) is 2. The molecule has 1 aromatic heterocycles. The van der Waals surface area contributed by atoms with Gasteiger partial charge in [0.05, 0.1) is 27.4 Å². The van der Waals surface area contributed by atoms with Crippen molar-refractivity contribution in [1.82, 2.24) is 10.2 Å². The number of hydrogen-bond donors (Lipinski definition) is 1. The van der Waals surface area contributed by atoms with Gasteiger partial charge in [0.15, 0.2) is 0 Å². The van der Waals surface area contributed by atoms with Crippen molar-refractivity contribution in [2.24, 2.45) is 0 Å². The zero-order valence-corrected chi connectivity index (χ0v) is 7.97. The molecule has 2 aromatic rings. The van der Waals surface area contributed by atoms with E-state index >= 15 is 0 Å². The van der Waals surface area contributed by atoms with Gasteiger partial charge in [0.1, 0.15) is 0 Å². The third kappa shape index (κ3) is 1.41. The van der Waals surface area contributed by atoms with Crippen LogP contribution < -0.4 is 5.73 Å². The molecule has 0 amide bonds. The molecule has 0 aliphatic carbocycles. The molecule has 0 radical (unpaired) electrons. The zero-order chi connectivity index (χ0) is 9.42. The van der Waals surface area contributed by atoms with E-state index in [2.05, 4.69) is 10.2 Å². The molecule has 0 unspecified atom stereocenters. The van der Waals surface area contributed by atoms with Crippen molar-refractivity contribution in [3.05, 3.63) is 28.4 Å². The van der Waals surface area contributed by atoms with Crippen LogP contribution in [0.5, 0.6) is 0 Å². The third-order valence-electron chi connectivity index (χ3n) is 1.71. The SMILES string of the molecule is Nc1cnnc2cc(Cl)c(Cl)cc12. The first-order chi connectivity index (χ1) is 6.18. The van der Waals surface area contributed by atoms with E-state index in [0.29, 0.717) is 21.2 Å². The highest BCUT2D eigenvalue weighted by Gasteiger charge is 2.04. The number of anilines is 1. The van der Waals surface area contributed by atoms with E-state index < -0.39 is 0 Å². The summed E-state index contributed by atoms with van der Waals surface area (Å²) in [6.45, 7) is 0. The minimum Gasteiger partial charge on any atom is -0.397 e. The Hall–Kier alpha value is -1.06. The molecule has 0 aliphatic rings. The first-order valence-corrected chi connectivity index (χ1v) is 4.30. The van der Waals surface area contributed by atoms with Gasteiger partial charge in [-0.2, -0.15) is 10.2 Å². The van der Waals surface area contributed by atoms with Gasteiger partial charge in [-0.15, -0.1) is 0 Å². The van der Waals surface area contributed by atoms with Crippen LogP contribution in [0.3, 0.4) is 0 Å². The van der Waals surface area contributed by atoms with Gasteiger partial charge in [0.2, 0.25) is 0 Å². The van der Waals surface area contributed by atoms with Crippen molar-refractivity contribution in [2.75, 3.05) is 5.73 Å². The molecule has 0 spiro atoms. The van der Waals surface area contributed by atoms with Crippen LogP contribution in [0, 0.1) is 0 Å². The number of rotatable bonds is 0. The molecule has 0 bridgehead atoms. The van der Waals surface area contributed by atoms with Crippen molar-refractivity contribution in [3.63, 3.8) is 0 Å². The largest absolute Gasteiger partial charge is 0.397 e. The standard InChI is InChI=1S/C8H5Cl2N3/c9-5-1-4-7(11)3-12-13-8(4)2-6(5)10/h1-3H,(H2,11,13). The minimum absolute atomic E-state index is 0.453. The van der Waals surface area contributed by atoms with Gasteiger partial charge in [-0.25, -0.2) is 0 Å². The normalized spacial score (nSPS) is 10.6. The van der Waals surface area contributed by atoms with Gasteiger partial charge in [0, 0.05) is 5.39 Å². The summed E-state index contributed by atoms with van der Waals surface area (Å²) in [5.74, 6) is 0. The molecule has 1 aromatic carbocycles. The van der Waals surface area contributed by atoms with Gasteiger partial charge in [0.25, 0.3) is 0 Å². The summed E-state index contributed by atoms with van der Waals surface area (Å²) in [5.41, 5.74) is 6.86. The van der Waals surface area contributed by atoms with E-state index in [1.165, 1.54) is 6.20 Å². The monoisotopic (exact) mass is 213 g/mol. The van der Waals surface area contributed by atoms with E-state index in [9.17, 15) is 0 Å². The molecule has 3 nitrogen and oxygen atoms in total. The summed E-state index contributed by atoms with van der Waals surface area (Å²) in [4.78, 5) is 0. The van der Waals surface area contributed by atoms with E-state index in [4.69, 9.17) is 28.9 Å². The fraction of sp³-hybridized carbons (Fsp3) is 0. The Morgan fingerprint density at radius 3 is 2.62 bits per heavy atom. The van der Waals surface area contributed by atoms with Crippen LogP contribution in [0.25, 0.3) is 10.9 Å². The summed E-state index contributed by atoms with van der Waals surface area (Å²) < 4.78 is 0. The Morgan fingerprint density at radius 2 is 1.85 bits per heavy atom. The molecular weight excluding hydrogens is 209 g/mol. The molecule has 0 aliphatic heterocycles. The van der Waals surface area contributed by atoms with E-state index in [1.54, 1.807) is 12.1 Å². The number of benzene rings is 1. The maximum Gasteiger partial charge on any atom is 0.0966 e. The quantitative estimate of drug-likeness (QED) is 0.732. The lowest BCUT2D eigenvalue weighted by molar-refractivity contribution is 1.08. The zero-order valence-electron chi connectivity index (χ0n) is 6.46. The molecule has 2 rings (SSSR count). The lowest BCUT2D eigenvalue weighted by Crippen LogP contribution is -1.91. The van der Waals surface area contributed by atoms with Gasteiger partial charge in [-0.1, -0.05) is 23.2 Å². The number of nitrogen functional groups attached to an aromatic ring is 1. The molecule has 0 saturated heterocycles. The van der Waals surface area contributed by atoms with Gasteiger partial charge in [-0.05, 0) is 12.1 Å².